The Morgan fingerprint density at radius 2 is 1.85 bits per heavy atom. The van der Waals surface area contributed by atoms with Crippen molar-refractivity contribution in [3.8, 4) is 17.4 Å². The van der Waals surface area contributed by atoms with Gasteiger partial charge in [-0.05, 0) is 38.1 Å². The molecule has 0 aliphatic heterocycles. The SMILES string of the molecule is Cc1cc(Oc2ccc(OC(C)C(N)=O)cc2)ncn1. The van der Waals surface area contributed by atoms with Crippen molar-refractivity contribution in [1.82, 2.24) is 9.97 Å². The number of aryl methyl sites for hydroxylation is 1. The number of nitrogens with two attached hydrogens (primary N) is 1. The smallest absolute Gasteiger partial charge is 0.258 e. The zero-order chi connectivity index (χ0) is 14.5. The van der Waals surface area contributed by atoms with Crippen molar-refractivity contribution in [2.24, 2.45) is 5.73 Å². The lowest BCUT2D eigenvalue weighted by atomic mass is 10.3. The average Bonchev–Trinajstić information content (AvgIpc) is 2.41. The van der Waals surface area contributed by atoms with E-state index >= 15 is 0 Å². The van der Waals surface area contributed by atoms with E-state index in [1.807, 2.05) is 6.92 Å². The van der Waals surface area contributed by atoms with Crippen molar-refractivity contribution in [2.75, 3.05) is 0 Å². The molecule has 0 saturated heterocycles. The van der Waals surface area contributed by atoms with Crippen molar-refractivity contribution in [3.05, 3.63) is 42.4 Å². The molecule has 6 heteroatoms. The lowest BCUT2D eigenvalue weighted by Gasteiger charge is -2.11. The lowest BCUT2D eigenvalue weighted by Crippen LogP contribution is -2.30. The van der Waals surface area contributed by atoms with E-state index in [2.05, 4.69) is 9.97 Å². The van der Waals surface area contributed by atoms with Crippen molar-refractivity contribution in [2.45, 2.75) is 20.0 Å². The summed E-state index contributed by atoms with van der Waals surface area (Å²) in [6.07, 6.45) is 0.766. The molecule has 0 aliphatic carbocycles. The van der Waals surface area contributed by atoms with E-state index in [-0.39, 0.29) is 0 Å². The van der Waals surface area contributed by atoms with Crippen LogP contribution in [-0.2, 0) is 4.79 Å². The molecule has 1 aromatic carbocycles. The quantitative estimate of drug-likeness (QED) is 0.898. The van der Waals surface area contributed by atoms with Crippen LogP contribution in [0.4, 0.5) is 0 Å². The van der Waals surface area contributed by atoms with Crippen LogP contribution in [0.15, 0.2) is 36.7 Å². The second kappa shape index (κ2) is 6.01. The summed E-state index contributed by atoms with van der Waals surface area (Å²) in [4.78, 5) is 18.9. The molecule has 20 heavy (non-hydrogen) atoms. The van der Waals surface area contributed by atoms with Gasteiger partial charge >= 0.3 is 0 Å². The Bertz CT molecular complexity index is 599. The standard InChI is InChI=1S/C14H15N3O3/c1-9-7-13(17-8-16-9)20-12-5-3-11(4-6-12)19-10(2)14(15)18/h3-8,10H,1-2H3,(H2,15,18). The number of aromatic nitrogens is 2. The van der Waals surface area contributed by atoms with Gasteiger partial charge in [-0.25, -0.2) is 9.97 Å². The van der Waals surface area contributed by atoms with Crippen molar-refractivity contribution >= 4 is 5.91 Å². The van der Waals surface area contributed by atoms with Crippen LogP contribution in [0.25, 0.3) is 0 Å². The maximum absolute atomic E-state index is 10.9. The van der Waals surface area contributed by atoms with E-state index in [0.29, 0.717) is 17.4 Å². The number of nitrogens with zero attached hydrogens (tertiary/aromatic N) is 2. The second-order valence-electron chi connectivity index (χ2n) is 4.23. The summed E-state index contributed by atoms with van der Waals surface area (Å²) in [5, 5.41) is 0. The topological polar surface area (TPSA) is 87.3 Å². The number of amides is 1. The van der Waals surface area contributed by atoms with Gasteiger partial charge in [0.25, 0.3) is 5.91 Å². The Morgan fingerprint density at radius 1 is 1.20 bits per heavy atom. The molecule has 0 bridgehead atoms. The predicted octanol–water partition coefficient (Wildman–Crippen LogP) is 1.83. The van der Waals surface area contributed by atoms with Crippen molar-refractivity contribution in [1.29, 1.82) is 0 Å². The Kier molecular flexibility index (Phi) is 4.14. The van der Waals surface area contributed by atoms with Gasteiger partial charge in [0.1, 0.15) is 17.8 Å². The van der Waals surface area contributed by atoms with Crippen LogP contribution in [0.1, 0.15) is 12.6 Å². The van der Waals surface area contributed by atoms with Crippen molar-refractivity contribution in [3.63, 3.8) is 0 Å². The second-order valence-corrected chi connectivity index (χ2v) is 4.23. The summed E-state index contributed by atoms with van der Waals surface area (Å²) in [5.41, 5.74) is 5.95. The molecular weight excluding hydrogens is 258 g/mol. The molecule has 6 nitrogen and oxygen atoms in total. The van der Waals surface area contributed by atoms with Gasteiger partial charge in [-0.2, -0.15) is 0 Å². The van der Waals surface area contributed by atoms with E-state index in [1.54, 1.807) is 37.3 Å². The first-order valence-corrected chi connectivity index (χ1v) is 6.07. The maximum Gasteiger partial charge on any atom is 0.258 e. The molecule has 0 fully saturated rings. The van der Waals surface area contributed by atoms with Gasteiger partial charge in [-0.1, -0.05) is 0 Å². The minimum Gasteiger partial charge on any atom is -0.481 e. The van der Waals surface area contributed by atoms with Gasteiger partial charge in [-0.3, -0.25) is 4.79 Å². The third-order valence-corrected chi connectivity index (χ3v) is 2.54. The number of primary amides is 1. The summed E-state index contributed by atoms with van der Waals surface area (Å²) in [6.45, 7) is 3.45. The van der Waals surface area contributed by atoms with Crippen LogP contribution >= 0.6 is 0 Å². The molecule has 0 aliphatic rings. The molecule has 1 unspecified atom stereocenters. The Labute approximate surface area is 116 Å². The van der Waals surface area contributed by atoms with Crippen LogP contribution in [0.2, 0.25) is 0 Å². The monoisotopic (exact) mass is 273 g/mol. The third-order valence-electron chi connectivity index (χ3n) is 2.54. The van der Waals surface area contributed by atoms with Gasteiger partial charge in [0.15, 0.2) is 6.10 Å². The lowest BCUT2D eigenvalue weighted by molar-refractivity contribution is -0.123. The first-order valence-electron chi connectivity index (χ1n) is 6.07. The number of carbonyl (C=O) groups is 1. The van der Waals surface area contributed by atoms with Gasteiger partial charge in [-0.15, -0.1) is 0 Å². The molecule has 2 rings (SSSR count). The number of hydrogen-bond acceptors (Lipinski definition) is 5. The van der Waals surface area contributed by atoms with E-state index in [0.717, 1.165) is 5.69 Å². The van der Waals surface area contributed by atoms with Crippen LogP contribution in [-0.4, -0.2) is 22.0 Å². The van der Waals surface area contributed by atoms with Crippen LogP contribution in [0.3, 0.4) is 0 Å². The number of benzene rings is 1. The van der Waals surface area contributed by atoms with E-state index in [9.17, 15) is 4.79 Å². The van der Waals surface area contributed by atoms with E-state index in [1.165, 1.54) is 6.33 Å². The molecule has 0 saturated carbocycles. The molecular formula is C14H15N3O3. The number of rotatable bonds is 5. The first kappa shape index (κ1) is 13.8. The molecule has 0 spiro atoms. The van der Waals surface area contributed by atoms with Crippen molar-refractivity contribution < 1.29 is 14.3 Å². The summed E-state index contributed by atoms with van der Waals surface area (Å²) >= 11 is 0. The summed E-state index contributed by atoms with van der Waals surface area (Å²) in [7, 11) is 0. The summed E-state index contributed by atoms with van der Waals surface area (Å²) in [6, 6.07) is 8.58. The molecule has 2 aromatic rings. The van der Waals surface area contributed by atoms with E-state index < -0.39 is 12.0 Å². The average molecular weight is 273 g/mol. The molecule has 1 heterocycles. The highest BCUT2D eigenvalue weighted by Gasteiger charge is 2.10. The number of carbonyl (C=O) groups excluding carboxylic acids is 1. The highest BCUT2D eigenvalue weighted by atomic mass is 16.5. The molecule has 104 valence electrons. The highest BCUT2D eigenvalue weighted by molar-refractivity contribution is 5.78. The molecule has 1 atom stereocenters. The largest absolute Gasteiger partial charge is 0.481 e. The number of ether oxygens (including phenoxy) is 2. The Balaban J connectivity index is 2.03. The summed E-state index contributed by atoms with van der Waals surface area (Å²) < 4.78 is 10.9. The normalized spacial score (nSPS) is 11.7. The van der Waals surface area contributed by atoms with Gasteiger partial charge in [0.05, 0.1) is 0 Å². The minimum absolute atomic E-state index is 0.469. The zero-order valence-corrected chi connectivity index (χ0v) is 11.2. The van der Waals surface area contributed by atoms with E-state index in [4.69, 9.17) is 15.2 Å². The summed E-state index contributed by atoms with van der Waals surface area (Å²) in [5.74, 6) is 1.11. The fraction of sp³-hybridized carbons (Fsp3) is 0.214. The van der Waals surface area contributed by atoms with Gasteiger partial charge < -0.3 is 15.2 Å². The van der Waals surface area contributed by atoms with Gasteiger partial charge in [0, 0.05) is 11.8 Å². The van der Waals surface area contributed by atoms with Crippen LogP contribution in [0.5, 0.6) is 17.4 Å². The van der Waals surface area contributed by atoms with Crippen LogP contribution < -0.4 is 15.2 Å². The fourth-order valence-electron chi connectivity index (χ4n) is 1.46. The predicted molar refractivity (Wildman–Crippen MR) is 72.6 cm³/mol. The fourth-order valence-corrected chi connectivity index (χ4v) is 1.46. The van der Waals surface area contributed by atoms with Crippen LogP contribution in [0, 0.1) is 6.92 Å². The number of hydrogen-bond donors (Lipinski definition) is 1. The Morgan fingerprint density at radius 3 is 2.45 bits per heavy atom. The maximum atomic E-state index is 10.9. The Hall–Kier alpha value is -2.63. The zero-order valence-electron chi connectivity index (χ0n) is 11.2. The molecule has 1 amide bonds. The molecule has 0 radical (unpaired) electrons. The molecule has 1 aromatic heterocycles. The van der Waals surface area contributed by atoms with Gasteiger partial charge in [0.2, 0.25) is 5.88 Å². The third kappa shape index (κ3) is 3.68. The first-order chi connectivity index (χ1) is 9.54. The minimum atomic E-state index is -0.675. The highest BCUT2D eigenvalue weighted by Crippen LogP contribution is 2.22. The molecule has 2 N–H and O–H groups in total.